The monoisotopic (exact) mass is 276 g/mol. The molecule has 1 saturated heterocycles. The Labute approximate surface area is 120 Å². The van der Waals surface area contributed by atoms with Gasteiger partial charge in [0.1, 0.15) is 5.75 Å². The lowest BCUT2D eigenvalue weighted by atomic mass is 10.0. The number of carbonyl (C=O) groups excluding carboxylic acids is 1. The zero-order chi connectivity index (χ0) is 14.7. The van der Waals surface area contributed by atoms with E-state index in [-0.39, 0.29) is 18.0 Å². The summed E-state index contributed by atoms with van der Waals surface area (Å²) in [6.07, 6.45) is 0.435. The molecule has 4 nitrogen and oxygen atoms in total. The molecule has 0 spiro atoms. The standard InChI is InChI=1S/C16H24N2O2/c1-4-18-15(19)9-14(17)16(18)12-5-7-13(8-6-12)20-10-11(2)3/h5-8,11,14,16H,4,9-10,17H2,1-3H3. The minimum Gasteiger partial charge on any atom is -0.493 e. The van der Waals surface area contributed by atoms with E-state index in [1.54, 1.807) is 0 Å². The van der Waals surface area contributed by atoms with E-state index in [1.807, 2.05) is 36.1 Å². The summed E-state index contributed by atoms with van der Waals surface area (Å²) in [5.41, 5.74) is 7.20. The van der Waals surface area contributed by atoms with Gasteiger partial charge in [0.15, 0.2) is 0 Å². The summed E-state index contributed by atoms with van der Waals surface area (Å²) >= 11 is 0. The number of amides is 1. The minimum absolute atomic E-state index is 0.00773. The first-order valence-corrected chi connectivity index (χ1v) is 7.30. The van der Waals surface area contributed by atoms with Crippen LogP contribution in [0.3, 0.4) is 0 Å². The Hall–Kier alpha value is -1.55. The molecule has 0 radical (unpaired) electrons. The Kier molecular flexibility index (Phi) is 4.65. The first-order valence-electron chi connectivity index (χ1n) is 7.30. The van der Waals surface area contributed by atoms with Crippen LogP contribution in [-0.4, -0.2) is 30.0 Å². The smallest absolute Gasteiger partial charge is 0.224 e. The quantitative estimate of drug-likeness (QED) is 0.898. The Morgan fingerprint density at radius 1 is 1.35 bits per heavy atom. The fraction of sp³-hybridized carbons (Fsp3) is 0.562. The molecule has 2 unspecified atom stereocenters. The van der Waals surface area contributed by atoms with Crippen LogP contribution in [-0.2, 0) is 4.79 Å². The summed E-state index contributed by atoms with van der Waals surface area (Å²) in [5, 5.41) is 0. The fourth-order valence-corrected chi connectivity index (χ4v) is 2.64. The normalized spacial score (nSPS) is 22.6. The third-order valence-corrected chi connectivity index (χ3v) is 3.62. The van der Waals surface area contributed by atoms with Crippen LogP contribution >= 0.6 is 0 Å². The molecule has 4 heteroatoms. The largest absolute Gasteiger partial charge is 0.493 e. The van der Waals surface area contributed by atoms with Crippen LogP contribution in [0.25, 0.3) is 0 Å². The molecule has 1 aromatic carbocycles. The average Bonchev–Trinajstić information content (AvgIpc) is 2.71. The van der Waals surface area contributed by atoms with Crippen molar-refractivity contribution in [3.63, 3.8) is 0 Å². The summed E-state index contributed by atoms with van der Waals surface area (Å²) in [6, 6.07) is 7.82. The molecular formula is C16H24N2O2. The molecule has 0 aromatic heterocycles. The minimum atomic E-state index is -0.120. The molecule has 2 atom stereocenters. The lowest BCUT2D eigenvalue weighted by Gasteiger charge is -2.26. The maximum absolute atomic E-state index is 11.9. The summed E-state index contributed by atoms with van der Waals surface area (Å²) in [4.78, 5) is 13.7. The zero-order valence-corrected chi connectivity index (χ0v) is 12.5. The molecule has 20 heavy (non-hydrogen) atoms. The molecule has 1 amide bonds. The maximum Gasteiger partial charge on any atom is 0.224 e. The number of ether oxygens (including phenoxy) is 1. The molecule has 2 N–H and O–H groups in total. The van der Waals surface area contributed by atoms with E-state index >= 15 is 0 Å². The molecule has 110 valence electrons. The highest BCUT2D eigenvalue weighted by Crippen LogP contribution is 2.32. The van der Waals surface area contributed by atoms with E-state index in [9.17, 15) is 4.79 Å². The van der Waals surface area contributed by atoms with Crippen LogP contribution < -0.4 is 10.5 Å². The van der Waals surface area contributed by atoms with Gasteiger partial charge in [0.05, 0.1) is 12.6 Å². The van der Waals surface area contributed by atoms with E-state index in [1.165, 1.54) is 0 Å². The van der Waals surface area contributed by atoms with Gasteiger partial charge < -0.3 is 15.4 Å². The molecule has 1 aliphatic rings. The van der Waals surface area contributed by atoms with Crippen molar-refractivity contribution in [2.75, 3.05) is 13.2 Å². The lowest BCUT2D eigenvalue weighted by Crippen LogP contribution is -2.32. The van der Waals surface area contributed by atoms with Crippen molar-refractivity contribution in [3.8, 4) is 5.75 Å². The Morgan fingerprint density at radius 3 is 2.55 bits per heavy atom. The number of nitrogens with two attached hydrogens (primary N) is 1. The van der Waals surface area contributed by atoms with E-state index in [0.29, 0.717) is 25.5 Å². The second-order valence-electron chi connectivity index (χ2n) is 5.77. The average molecular weight is 276 g/mol. The van der Waals surface area contributed by atoms with Crippen molar-refractivity contribution >= 4 is 5.91 Å². The zero-order valence-electron chi connectivity index (χ0n) is 12.5. The first-order chi connectivity index (χ1) is 9.52. The number of nitrogens with zero attached hydrogens (tertiary/aromatic N) is 1. The summed E-state index contributed by atoms with van der Waals surface area (Å²) < 4.78 is 5.67. The molecule has 0 bridgehead atoms. The van der Waals surface area contributed by atoms with Gasteiger partial charge in [-0.3, -0.25) is 4.79 Å². The number of likely N-dealkylation sites (tertiary alicyclic amines) is 1. The van der Waals surface area contributed by atoms with Crippen LogP contribution in [0.5, 0.6) is 5.75 Å². The molecule has 1 aromatic rings. The summed E-state index contributed by atoms with van der Waals surface area (Å²) in [5.74, 6) is 1.51. The van der Waals surface area contributed by atoms with E-state index in [2.05, 4.69) is 13.8 Å². The Morgan fingerprint density at radius 2 is 2.00 bits per heavy atom. The molecule has 1 heterocycles. The highest BCUT2D eigenvalue weighted by molar-refractivity contribution is 5.80. The number of hydrogen-bond acceptors (Lipinski definition) is 3. The Bertz CT molecular complexity index is 456. The van der Waals surface area contributed by atoms with E-state index < -0.39 is 0 Å². The third-order valence-electron chi connectivity index (χ3n) is 3.62. The predicted molar refractivity (Wildman–Crippen MR) is 79.5 cm³/mol. The van der Waals surface area contributed by atoms with Gasteiger partial charge in [-0.05, 0) is 30.5 Å². The van der Waals surface area contributed by atoms with Gasteiger partial charge in [-0.2, -0.15) is 0 Å². The highest BCUT2D eigenvalue weighted by atomic mass is 16.5. The second-order valence-corrected chi connectivity index (χ2v) is 5.77. The van der Waals surface area contributed by atoms with Gasteiger partial charge in [0.2, 0.25) is 5.91 Å². The third kappa shape index (κ3) is 3.12. The van der Waals surface area contributed by atoms with Gasteiger partial charge in [-0.1, -0.05) is 26.0 Å². The van der Waals surface area contributed by atoms with Crippen LogP contribution in [0.15, 0.2) is 24.3 Å². The van der Waals surface area contributed by atoms with Gasteiger partial charge in [0, 0.05) is 19.0 Å². The van der Waals surface area contributed by atoms with E-state index in [4.69, 9.17) is 10.5 Å². The SMILES string of the molecule is CCN1C(=O)CC(N)C1c1ccc(OCC(C)C)cc1. The maximum atomic E-state index is 11.9. The summed E-state index contributed by atoms with van der Waals surface area (Å²) in [7, 11) is 0. The topological polar surface area (TPSA) is 55.6 Å². The number of hydrogen-bond donors (Lipinski definition) is 1. The molecular weight excluding hydrogens is 252 g/mol. The molecule has 0 saturated carbocycles. The van der Waals surface area contributed by atoms with Crippen LogP contribution in [0.1, 0.15) is 38.8 Å². The van der Waals surface area contributed by atoms with Crippen LogP contribution in [0.4, 0.5) is 0 Å². The van der Waals surface area contributed by atoms with Crippen molar-refractivity contribution in [2.45, 2.75) is 39.3 Å². The molecule has 2 rings (SSSR count). The number of likely N-dealkylation sites (N-methyl/N-ethyl adjacent to an activating group) is 1. The fourth-order valence-electron chi connectivity index (χ4n) is 2.64. The lowest BCUT2D eigenvalue weighted by molar-refractivity contribution is -0.128. The molecule has 0 aliphatic carbocycles. The van der Waals surface area contributed by atoms with Crippen molar-refractivity contribution in [3.05, 3.63) is 29.8 Å². The molecule has 1 fully saturated rings. The van der Waals surface area contributed by atoms with Gasteiger partial charge in [0.25, 0.3) is 0 Å². The van der Waals surface area contributed by atoms with Crippen LogP contribution in [0.2, 0.25) is 0 Å². The number of rotatable bonds is 5. The molecule has 1 aliphatic heterocycles. The van der Waals surface area contributed by atoms with E-state index in [0.717, 1.165) is 11.3 Å². The van der Waals surface area contributed by atoms with Crippen molar-refractivity contribution < 1.29 is 9.53 Å². The van der Waals surface area contributed by atoms with Gasteiger partial charge >= 0.3 is 0 Å². The number of carbonyl (C=O) groups is 1. The number of benzene rings is 1. The Balaban J connectivity index is 2.11. The van der Waals surface area contributed by atoms with Gasteiger partial charge in [-0.15, -0.1) is 0 Å². The summed E-state index contributed by atoms with van der Waals surface area (Å²) in [6.45, 7) is 7.64. The van der Waals surface area contributed by atoms with Crippen LogP contribution in [0, 0.1) is 5.92 Å². The second kappa shape index (κ2) is 6.27. The first kappa shape index (κ1) is 14.9. The van der Waals surface area contributed by atoms with Crippen molar-refractivity contribution in [1.82, 2.24) is 4.90 Å². The predicted octanol–water partition coefficient (Wildman–Crippen LogP) is 2.34. The van der Waals surface area contributed by atoms with Crippen molar-refractivity contribution in [1.29, 1.82) is 0 Å². The van der Waals surface area contributed by atoms with Crippen molar-refractivity contribution in [2.24, 2.45) is 11.7 Å². The highest BCUT2D eigenvalue weighted by Gasteiger charge is 2.37. The van der Waals surface area contributed by atoms with Gasteiger partial charge in [-0.25, -0.2) is 0 Å².